The summed E-state index contributed by atoms with van der Waals surface area (Å²) < 4.78 is 11.6. The molecule has 0 saturated carbocycles. The Morgan fingerprint density at radius 1 is 0.975 bits per heavy atom. The third-order valence-corrected chi connectivity index (χ3v) is 6.14. The minimum absolute atomic E-state index is 0.0711. The smallest absolute Gasteiger partial charge is 0.412 e. The van der Waals surface area contributed by atoms with Crippen LogP contribution in [-0.4, -0.2) is 36.1 Å². The fourth-order valence-electron chi connectivity index (χ4n) is 4.03. The highest BCUT2D eigenvalue weighted by molar-refractivity contribution is 6.01. The molecule has 9 heteroatoms. The van der Waals surface area contributed by atoms with Crippen LogP contribution in [0, 0.1) is 5.92 Å². The van der Waals surface area contributed by atoms with Gasteiger partial charge < -0.3 is 25.6 Å². The van der Waals surface area contributed by atoms with Crippen molar-refractivity contribution in [2.75, 3.05) is 29.6 Å². The molecule has 0 aliphatic rings. The zero-order valence-corrected chi connectivity index (χ0v) is 22.6. The number of carbonyl (C=O) groups is 3. The lowest BCUT2D eigenvalue weighted by molar-refractivity contribution is -0.111. The molecule has 0 aliphatic carbocycles. The van der Waals surface area contributed by atoms with Crippen LogP contribution in [0.2, 0.25) is 0 Å². The minimum Gasteiger partial charge on any atom is -0.491 e. The first kappa shape index (κ1) is 29.9. The predicted octanol–water partition coefficient (Wildman–Crippen LogP) is 5.74. The molecule has 0 aliphatic heterocycles. The second kappa shape index (κ2) is 15.1. The van der Waals surface area contributed by atoms with E-state index in [9.17, 15) is 19.5 Å². The van der Waals surface area contributed by atoms with Gasteiger partial charge in [-0.2, -0.15) is 0 Å². The van der Waals surface area contributed by atoms with Crippen molar-refractivity contribution in [1.29, 1.82) is 0 Å². The van der Waals surface area contributed by atoms with Crippen molar-refractivity contribution >= 4 is 34.8 Å². The fraction of sp³-hybridized carbons (Fsp3) is 0.258. The van der Waals surface area contributed by atoms with Crippen LogP contribution in [0.3, 0.4) is 0 Å². The van der Waals surface area contributed by atoms with Gasteiger partial charge in [0.2, 0.25) is 5.91 Å². The van der Waals surface area contributed by atoms with Crippen LogP contribution in [0.15, 0.2) is 84.9 Å². The second-order valence-corrected chi connectivity index (χ2v) is 9.23. The van der Waals surface area contributed by atoms with E-state index in [1.54, 1.807) is 66.7 Å². The number of benzene rings is 3. The summed E-state index contributed by atoms with van der Waals surface area (Å²) in [5.41, 5.74) is 8.58. The number of carbonyl (C=O) groups excluding carboxylic acids is 3. The molecule has 3 aromatic carbocycles. The van der Waals surface area contributed by atoms with E-state index >= 15 is 0 Å². The number of ketones is 1. The average molecular weight is 546 g/mol. The maximum absolute atomic E-state index is 12.9. The number of nitrogens with one attached hydrogen (secondary N) is 2. The summed E-state index contributed by atoms with van der Waals surface area (Å²) in [7, 11) is 0. The first-order valence-corrected chi connectivity index (χ1v) is 13.0. The number of nitrogen functional groups attached to an aromatic ring is 1. The second-order valence-electron chi connectivity index (χ2n) is 9.23. The van der Waals surface area contributed by atoms with Crippen molar-refractivity contribution < 1.29 is 29.0 Å². The Kier molecular flexibility index (Phi) is 11.3. The van der Waals surface area contributed by atoms with Gasteiger partial charge in [0.15, 0.2) is 5.78 Å². The molecule has 0 bridgehead atoms. The van der Waals surface area contributed by atoms with Crippen LogP contribution in [0.5, 0.6) is 5.75 Å². The fourth-order valence-corrected chi connectivity index (χ4v) is 4.03. The molecule has 5 N–H and O–H groups in total. The lowest BCUT2D eigenvalue weighted by Gasteiger charge is -2.26. The molecule has 210 valence electrons. The van der Waals surface area contributed by atoms with Crippen LogP contribution in [-0.2, 0) is 9.53 Å². The van der Waals surface area contributed by atoms with E-state index in [1.165, 1.54) is 13.0 Å². The molecule has 3 aromatic rings. The van der Waals surface area contributed by atoms with E-state index in [-0.39, 0.29) is 30.8 Å². The number of amides is 2. The quantitative estimate of drug-likeness (QED) is 0.122. The van der Waals surface area contributed by atoms with Gasteiger partial charge in [0, 0.05) is 16.8 Å². The summed E-state index contributed by atoms with van der Waals surface area (Å²) in [5.74, 6) is -0.0286. The molecule has 3 rings (SSSR count). The topological polar surface area (TPSA) is 140 Å². The van der Waals surface area contributed by atoms with Crippen LogP contribution in [0.4, 0.5) is 21.9 Å². The molecule has 2 amide bonds. The van der Waals surface area contributed by atoms with Crippen molar-refractivity contribution in [1.82, 2.24) is 0 Å². The molecular formula is C31H35N3O6. The van der Waals surface area contributed by atoms with Gasteiger partial charge in [-0.25, -0.2) is 4.79 Å². The van der Waals surface area contributed by atoms with E-state index < -0.39 is 12.2 Å². The summed E-state index contributed by atoms with van der Waals surface area (Å²) in [5, 5.41) is 14.7. The third-order valence-electron chi connectivity index (χ3n) is 6.14. The number of ether oxygens (including phenoxy) is 2. The molecule has 0 fully saturated rings. The number of anilines is 3. The van der Waals surface area contributed by atoms with Gasteiger partial charge in [0.05, 0.1) is 18.0 Å². The van der Waals surface area contributed by atoms with E-state index in [1.807, 2.05) is 19.1 Å². The van der Waals surface area contributed by atoms with Crippen molar-refractivity contribution in [2.45, 2.75) is 32.8 Å². The monoisotopic (exact) mass is 545 g/mol. The standard InChI is InChI=1S/C31H35N3O6/c1-21(9-3-8-14-29(37)34-27-12-6-5-11-26(27)32)30(25-10-4-7-13-28(25)39-20-19-35)40-31(38)33-24-17-15-23(16-18-24)22(2)36/h4-8,10-18,21,30,35H,3,9,19-20,32H2,1-2H3,(H,33,38)(H,34,37)/b14-8+/t21-,30+/m1/s1. The van der Waals surface area contributed by atoms with Gasteiger partial charge in [-0.1, -0.05) is 43.3 Å². The molecule has 0 spiro atoms. The summed E-state index contributed by atoms with van der Waals surface area (Å²) >= 11 is 0. The highest BCUT2D eigenvalue weighted by atomic mass is 16.6. The Balaban J connectivity index is 1.69. The lowest BCUT2D eigenvalue weighted by Crippen LogP contribution is -2.22. The molecule has 0 saturated heterocycles. The van der Waals surface area contributed by atoms with Gasteiger partial charge >= 0.3 is 6.09 Å². The van der Waals surface area contributed by atoms with Crippen LogP contribution >= 0.6 is 0 Å². The summed E-state index contributed by atoms with van der Waals surface area (Å²) in [6.45, 7) is 3.35. The maximum atomic E-state index is 12.9. The third kappa shape index (κ3) is 8.99. The number of aliphatic hydroxyl groups excluding tert-OH is 1. The van der Waals surface area contributed by atoms with Gasteiger partial charge in [-0.15, -0.1) is 0 Å². The van der Waals surface area contributed by atoms with Gasteiger partial charge in [-0.3, -0.25) is 14.9 Å². The van der Waals surface area contributed by atoms with Crippen LogP contribution < -0.4 is 21.1 Å². The van der Waals surface area contributed by atoms with Crippen LogP contribution in [0.25, 0.3) is 0 Å². The van der Waals surface area contributed by atoms with Gasteiger partial charge in [0.25, 0.3) is 0 Å². The SMILES string of the molecule is CC(=O)c1ccc(NC(=O)O[C@H](c2ccccc2OCCO)[C@H](C)CC/C=C/C(=O)Nc2ccccc2N)cc1. The lowest BCUT2D eigenvalue weighted by atomic mass is 9.92. The number of hydrogen-bond donors (Lipinski definition) is 4. The van der Waals surface area contributed by atoms with Crippen molar-refractivity contribution in [2.24, 2.45) is 5.92 Å². The Morgan fingerprint density at radius 3 is 2.38 bits per heavy atom. The summed E-state index contributed by atoms with van der Waals surface area (Å²) in [6.07, 6.45) is 3.00. The van der Waals surface area contributed by atoms with E-state index in [0.29, 0.717) is 46.8 Å². The maximum Gasteiger partial charge on any atom is 0.412 e. The largest absolute Gasteiger partial charge is 0.491 e. The molecule has 40 heavy (non-hydrogen) atoms. The molecule has 2 atom stereocenters. The molecule has 0 unspecified atom stereocenters. The molecule has 9 nitrogen and oxygen atoms in total. The normalized spacial score (nSPS) is 12.4. The minimum atomic E-state index is -0.683. The Bertz CT molecular complexity index is 1320. The molecular weight excluding hydrogens is 510 g/mol. The Hall–Kier alpha value is -4.63. The molecule has 0 aromatic heterocycles. The van der Waals surface area contributed by atoms with Gasteiger partial charge in [-0.05, 0) is 74.2 Å². The molecule has 0 heterocycles. The highest BCUT2D eigenvalue weighted by Crippen LogP contribution is 2.35. The van der Waals surface area contributed by atoms with E-state index in [0.717, 1.165) is 0 Å². The van der Waals surface area contributed by atoms with Gasteiger partial charge in [0.1, 0.15) is 18.5 Å². The number of hydrogen-bond acceptors (Lipinski definition) is 7. The number of aliphatic hydroxyl groups is 1. The van der Waals surface area contributed by atoms with Crippen molar-refractivity contribution in [3.05, 3.63) is 96.1 Å². The number of para-hydroxylation sites is 3. The number of Topliss-reactive ketones (excluding diaryl/α,β-unsaturated/α-hetero) is 1. The summed E-state index contributed by atoms with van der Waals surface area (Å²) in [6, 6.07) is 20.7. The Labute approximate surface area is 234 Å². The van der Waals surface area contributed by atoms with Crippen molar-refractivity contribution in [3.63, 3.8) is 0 Å². The molecule has 0 radical (unpaired) electrons. The van der Waals surface area contributed by atoms with Crippen LogP contribution in [0.1, 0.15) is 48.7 Å². The highest BCUT2D eigenvalue weighted by Gasteiger charge is 2.26. The number of allylic oxidation sites excluding steroid dienone is 1. The number of rotatable bonds is 13. The zero-order chi connectivity index (χ0) is 28.9. The first-order chi connectivity index (χ1) is 19.3. The number of nitrogens with two attached hydrogens (primary N) is 1. The average Bonchev–Trinajstić information content (AvgIpc) is 2.94. The summed E-state index contributed by atoms with van der Waals surface area (Å²) in [4.78, 5) is 36.7. The Morgan fingerprint density at radius 2 is 1.68 bits per heavy atom. The zero-order valence-electron chi connectivity index (χ0n) is 22.6. The van der Waals surface area contributed by atoms with E-state index in [2.05, 4.69) is 10.6 Å². The van der Waals surface area contributed by atoms with Crippen molar-refractivity contribution in [3.8, 4) is 5.75 Å². The first-order valence-electron chi connectivity index (χ1n) is 13.0. The predicted molar refractivity (Wildman–Crippen MR) is 155 cm³/mol. The van der Waals surface area contributed by atoms with E-state index in [4.69, 9.17) is 15.2 Å².